The lowest BCUT2D eigenvalue weighted by Gasteiger charge is -2.30. The molecule has 23 heavy (non-hydrogen) atoms. The van der Waals surface area contributed by atoms with Gasteiger partial charge in [-0.1, -0.05) is 0 Å². The third-order valence-corrected chi connectivity index (χ3v) is 5.25. The van der Waals surface area contributed by atoms with Gasteiger partial charge in [0, 0.05) is 37.5 Å². The second kappa shape index (κ2) is 7.37. The highest BCUT2D eigenvalue weighted by molar-refractivity contribution is 7.09. The van der Waals surface area contributed by atoms with Gasteiger partial charge in [-0.05, 0) is 12.8 Å². The van der Waals surface area contributed by atoms with E-state index in [0.29, 0.717) is 31.6 Å². The number of hydrogen-bond donors (Lipinski definition) is 1. The number of rotatable bonds is 4. The standard InChI is InChI=1S/C15H22N4O3S/c16-14(20)11-1-3-19(4-2-11)15(21)12-10-23-13(17-12)9-18-5-7-22-8-6-18/h10-11H,1-9H2,(H2,16,20). The van der Waals surface area contributed by atoms with E-state index >= 15 is 0 Å². The van der Waals surface area contributed by atoms with Crippen LogP contribution in [0, 0.1) is 5.92 Å². The maximum Gasteiger partial charge on any atom is 0.273 e. The molecule has 0 atom stereocenters. The summed E-state index contributed by atoms with van der Waals surface area (Å²) in [7, 11) is 0. The molecule has 126 valence electrons. The molecule has 0 saturated carbocycles. The van der Waals surface area contributed by atoms with E-state index in [1.165, 1.54) is 11.3 Å². The SMILES string of the molecule is NC(=O)C1CCN(C(=O)c2csc(CN3CCOCC3)n2)CC1. The summed E-state index contributed by atoms with van der Waals surface area (Å²) in [6, 6.07) is 0. The van der Waals surface area contributed by atoms with Gasteiger partial charge in [0.15, 0.2) is 0 Å². The van der Waals surface area contributed by atoms with Crippen LogP contribution in [-0.2, 0) is 16.1 Å². The summed E-state index contributed by atoms with van der Waals surface area (Å²) in [6.45, 7) is 5.24. The van der Waals surface area contributed by atoms with Crippen molar-refractivity contribution < 1.29 is 14.3 Å². The van der Waals surface area contributed by atoms with Crippen LogP contribution in [0.15, 0.2) is 5.38 Å². The number of carbonyl (C=O) groups excluding carboxylic acids is 2. The minimum Gasteiger partial charge on any atom is -0.379 e. The van der Waals surface area contributed by atoms with Crippen LogP contribution in [0.5, 0.6) is 0 Å². The third kappa shape index (κ3) is 4.07. The van der Waals surface area contributed by atoms with Crippen molar-refractivity contribution in [1.82, 2.24) is 14.8 Å². The Balaban J connectivity index is 1.55. The van der Waals surface area contributed by atoms with Gasteiger partial charge in [-0.25, -0.2) is 4.98 Å². The van der Waals surface area contributed by atoms with E-state index in [4.69, 9.17) is 10.5 Å². The van der Waals surface area contributed by atoms with Crippen molar-refractivity contribution in [2.45, 2.75) is 19.4 Å². The number of aromatic nitrogens is 1. The van der Waals surface area contributed by atoms with Crippen LogP contribution in [0.2, 0.25) is 0 Å². The normalized spacial score (nSPS) is 20.6. The van der Waals surface area contributed by atoms with Crippen molar-refractivity contribution >= 4 is 23.2 Å². The minimum atomic E-state index is -0.265. The maximum atomic E-state index is 12.5. The molecule has 1 aromatic rings. The lowest BCUT2D eigenvalue weighted by Crippen LogP contribution is -2.41. The zero-order chi connectivity index (χ0) is 16.2. The second-order valence-corrected chi connectivity index (χ2v) is 6.93. The Labute approximate surface area is 139 Å². The molecule has 2 saturated heterocycles. The molecule has 3 heterocycles. The first-order valence-corrected chi connectivity index (χ1v) is 8.84. The first kappa shape index (κ1) is 16.4. The fourth-order valence-electron chi connectivity index (χ4n) is 2.96. The van der Waals surface area contributed by atoms with Gasteiger partial charge in [0.1, 0.15) is 10.7 Å². The quantitative estimate of drug-likeness (QED) is 0.854. The molecule has 7 nitrogen and oxygen atoms in total. The van der Waals surface area contributed by atoms with Crippen LogP contribution in [0.4, 0.5) is 0 Å². The monoisotopic (exact) mass is 338 g/mol. The Morgan fingerprint density at radius 3 is 2.61 bits per heavy atom. The van der Waals surface area contributed by atoms with E-state index in [2.05, 4.69) is 9.88 Å². The van der Waals surface area contributed by atoms with Gasteiger partial charge in [0.2, 0.25) is 5.91 Å². The molecule has 2 aliphatic rings. The summed E-state index contributed by atoms with van der Waals surface area (Å²) in [6.07, 6.45) is 1.29. The molecule has 0 aromatic carbocycles. The Morgan fingerprint density at radius 1 is 1.26 bits per heavy atom. The number of hydrogen-bond acceptors (Lipinski definition) is 6. The molecule has 2 aliphatic heterocycles. The van der Waals surface area contributed by atoms with Gasteiger partial charge in [0.05, 0.1) is 19.8 Å². The van der Waals surface area contributed by atoms with Gasteiger partial charge < -0.3 is 15.4 Å². The number of primary amides is 1. The maximum absolute atomic E-state index is 12.5. The fraction of sp³-hybridized carbons (Fsp3) is 0.667. The van der Waals surface area contributed by atoms with E-state index in [0.717, 1.165) is 37.9 Å². The topological polar surface area (TPSA) is 88.8 Å². The first-order valence-electron chi connectivity index (χ1n) is 7.96. The van der Waals surface area contributed by atoms with E-state index in [1.54, 1.807) is 4.90 Å². The molecule has 0 aliphatic carbocycles. The lowest BCUT2D eigenvalue weighted by atomic mass is 9.96. The third-order valence-electron chi connectivity index (χ3n) is 4.42. The fourth-order valence-corrected chi connectivity index (χ4v) is 3.77. The van der Waals surface area contributed by atoms with Gasteiger partial charge in [0.25, 0.3) is 5.91 Å². The number of thiazole rings is 1. The van der Waals surface area contributed by atoms with E-state index in [1.807, 2.05) is 5.38 Å². The summed E-state index contributed by atoms with van der Waals surface area (Å²) in [5, 5.41) is 2.79. The van der Waals surface area contributed by atoms with Crippen LogP contribution < -0.4 is 5.73 Å². The average Bonchev–Trinajstić information content (AvgIpc) is 3.03. The zero-order valence-corrected chi connectivity index (χ0v) is 13.9. The molecule has 0 spiro atoms. The van der Waals surface area contributed by atoms with E-state index in [-0.39, 0.29) is 17.7 Å². The number of amides is 2. The highest BCUT2D eigenvalue weighted by Crippen LogP contribution is 2.20. The van der Waals surface area contributed by atoms with Gasteiger partial charge in [-0.3, -0.25) is 14.5 Å². The largest absolute Gasteiger partial charge is 0.379 e. The summed E-state index contributed by atoms with van der Waals surface area (Å²) < 4.78 is 5.33. The Kier molecular flexibility index (Phi) is 5.24. The van der Waals surface area contributed by atoms with Crippen molar-refractivity contribution in [2.24, 2.45) is 11.7 Å². The van der Waals surface area contributed by atoms with Gasteiger partial charge in [-0.15, -0.1) is 11.3 Å². The number of nitrogens with two attached hydrogens (primary N) is 1. The zero-order valence-electron chi connectivity index (χ0n) is 13.1. The Hall–Kier alpha value is -1.51. The van der Waals surface area contributed by atoms with Crippen LogP contribution in [0.25, 0.3) is 0 Å². The number of likely N-dealkylation sites (tertiary alicyclic amines) is 1. The van der Waals surface area contributed by atoms with Crippen LogP contribution in [-0.4, -0.2) is 66.0 Å². The summed E-state index contributed by atoms with van der Waals surface area (Å²) in [5.41, 5.74) is 5.84. The second-order valence-electron chi connectivity index (χ2n) is 5.98. The number of piperidine rings is 1. The molecular formula is C15H22N4O3S. The Bertz CT molecular complexity index is 563. The van der Waals surface area contributed by atoms with Crippen molar-refractivity contribution in [1.29, 1.82) is 0 Å². The van der Waals surface area contributed by atoms with Crippen molar-refractivity contribution in [3.8, 4) is 0 Å². The number of morpholine rings is 1. The highest BCUT2D eigenvalue weighted by atomic mass is 32.1. The molecular weight excluding hydrogens is 316 g/mol. The minimum absolute atomic E-state index is 0.0441. The molecule has 0 unspecified atom stereocenters. The molecule has 2 amide bonds. The highest BCUT2D eigenvalue weighted by Gasteiger charge is 2.27. The van der Waals surface area contributed by atoms with Gasteiger partial charge >= 0.3 is 0 Å². The molecule has 3 rings (SSSR count). The predicted molar refractivity (Wildman–Crippen MR) is 86.0 cm³/mol. The van der Waals surface area contributed by atoms with E-state index < -0.39 is 0 Å². The van der Waals surface area contributed by atoms with Crippen molar-refractivity contribution in [2.75, 3.05) is 39.4 Å². The summed E-state index contributed by atoms with van der Waals surface area (Å²) in [5.74, 6) is -0.415. The molecule has 8 heteroatoms. The number of carbonyl (C=O) groups is 2. The van der Waals surface area contributed by atoms with E-state index in [9.17, 15) is 9.59 Å². The van der Waals surface area contributed by atoms with Crippen LogP contribution in [0.3, 0.4) is 0 Å². The lowest BCUT2D eigenvalue weighted by molar-refractivity contribution is -0.123. The average molecular weight is 338 g/mol. The Morgan fingerprint density at radius 2 is 1.96 bits per heavy atom. The first-order chi connectivity index (χ1) is 11.1. The number of nitrogens with zero attached hydrogens (tertiary/aromatic N) is 3. The molecule has 1 aromatic heterocycles. The van der Waals surface area contributed by atoms with Crippen LogP contribution >= 0.6 is 11.3 Å². The predicted octanol–water partition coefficient (Wildman–Crippen LogP) is 0.313. The molecule has 0 radical (unpaired) electrons. The molecule has 2 fully saturated rings. The molecule has 0 bridgehead atoms. The summed E-state index contributed by atoms with van der Waals surface area (Å²) >= 11 is 1.53. The number of ether oxygens (including phenoxy) is 1. The van der Waals surface area contributed by atoms with Crippen molar-refractivity contribution in [3.05, 3.63) is 16.1 Å². The molecule has 2 N–H and O–H groups in total. The van der Waals surface area contributed by atoms with Gasteiger partial charge in [-0.2, -0.15) is 0 Å². The van der Waals surface area contributed by atoms with Crippen molar-refractivity contribution in [3.63, 3.8) is 0 Å². The summed E-state index contributed by atoms with van der Waals surface area (Å²) in [4.78, 5) is 32.2. The van der Waals surface area contributed by atoms with Crippen LogP contribution in [0.1, 0.15) is 28.3 Å². The smallest absolute Gasteiger partial charge is 0.273 e.